The Balaban J connectivity index is 1.61. The summed E-state index contributed by atoms with van der Waals surface area (Å²) in [5.41, 5.74) is 5.69. The van der Waals surface area contributed by atoms with Gasteiger partial charge in [0.05, 0.1) is 6.21 Å². The van der Waals surface area contributed by atoms with Crippen molar-refractivity contribution >= 4 is 35.3 Å². The topological polar surface area (TPSA) is 70.6 Å². The zero-order valence-corrected chi connectivity index (χ0v) is 15.9. The molecule has 3 aromatic rings. The van der Waals surface area contributed by atoms with E-state index in [4.69, 9.17) is 11.6 Å². The fraction of sp³-hybridized carbons (Fsp3) is 0.0455. The van der Waals surface area contributed by atoms with Crippen LogP contribution in [0.1, 0.15) is 31.8 Å². The molecule has 0 atom stereocenters. The van der Waals surface area contributed by atoms with Crippen molar-refractivity contribution in [2.24, 2.45) is 5.10 Å². The van der Waals surface area contributed by atoms with Crippen molar-refractivity contribution in [2.75, 3.05) is 5.32 Å². The van der Waals surface area contributed by atoms with Crippen molar-refractivity contribution in [3.8, 4) is 0 Å². The standard InChI is InChI=1S/C22H18ClN3O2/c1-15-6-2-4-8-19(15)22(28)25-18-12-10-16(11-13-18)21(27)26-24-14-17-7-3-5-9-20(17)23/h2-14H,1H3,(H,25,28)(H,26,27)/b24-14+. The fourth-order valence-electron chi connectivity index (χ4n) is 2.54. The lowest BCUT2D eigenvalue weighted by Crippen LogP contribution is -2.18. The molecular weight excluding hydrogens is 374 g/mol. The molecule has 0 spiro atoms. The Hall–Kier alpha value is -3.44. The number of hydrogen-bond donors (Lipinski definition) is 2. The number of benzene rings is 3. The molecule has 0 bridgehead atoms. The van der Waals surface area contributed by atoms with Crippen LogP contribution in [0.5, 0.6) is 0 Å². The van der Waals surface area contributed by atoms with E-state index in [1.165, 1.54) is 6.21 Å². The van der Waals surface area contributed by atoms with E-state index in [9.17, 15) is 9.59 Å². The minimum Gasteiger partial charge on any atom is -0.322 e. The number of aryl methyl sites for hydroxylation is 1. The first-order chi connectivity index (χ1) is 13.5. The molecule has 5 nitrogen and oxygen atoms in total. The maximum Gasteiger partial charge on any atom is 0.271 e. The number of hydrogen-bond acceptors (Lipinski definition) is 3. The van der Waals surface area contributed by atoms with Crippen LogP contribution in [0.25, 0.3) is 0 Å². The van der Waals surface area contributed by atoms with E-state index in [1.807, 2.05) is 37.3 Å². The van der Waals surface area contributed by atoms with Gasteiger partial charge >= 0.3 is 0 Å². The van der Waals surface area contributed by atoms with E-state index in [0.29, 0.717) is 27.4 Å². The predicted molar refractivity (Wildman–Crippen MR) is 112 cm³/mol. The molecule has 0 saturated carbocycles. The SMILES string of the molecule is Cc1ccccc1C(=O)Nc1ccc(C(=O)N/N=C/c2ccccc2Cl)cc1. The third kappa shape index (κ3) is 4.84. The number of rotatable bonds is 5. The largest absolute Gasteiger partial charge is 0.322 e. The Bertz CT molecular complexity index is 1030. The Morgan fingerprint density at radius 2 is 1.57 bits per heavy atom. The van der Waals surface area contributed by atoms with Crippen LogP contribution >= 0.6 is 11.6 Å². The van der Waals surface area contributed by atoms with Crippen LogP contribution in [-0.2, 0) is 0 Å². The lowest BCUT2D eigenvalue weighted by molar-refractivity contribution is 0.0954. The molecule has 0 fully saturated rings. The van der Waals surface area contributed by atoms with Gasteiger partial charge in [-0.15, -0.1) is 0 Å². The van der Waals surface area contributed by atoms with Crippen LogP contribution in [0.15, 0.2) is 77.9 Å². The summed E-state index contributed by atoms with van der Waals surface area (Å²) in [5, 5.41) is 7.29. The monoisotopic (exact) mass is 391 g/mol. The molecule has 2 N–H and O–H groups in total. The van der Waals surface area contributed by atoms with Gasteiger partial charge in [0, 0.05) is 27.4 Å². The molecule has 140 valence electrons. The smallest absolute Gasteiger partial charge is 0.271 e. The quantitative estimate of drug-likeness (QED) is 0.490. The molecule has 0 aliphatic heterocycles. The highest BCUT2D eigenvalue weighted by atomic mass is 35.5. The van der Waals surface area contributed by atoms with E-state index in [-0.39, 0.29) is 11.8 Å². The molecule has 0 radical (unpaired) electrons. The van der Waals surface area contributed by atoms with Crippen LogP contribution in [0.3, 0.4) is 0 Å². The maximum atomic E-state index is 12.3. The Morgan fingerprint density at radius 3 is 2.29 bits per heavy atom. The first-order valence-electron chi connectivity index (χ1n) is 8.59. The van der Waals surface area contributed by atoms with E-state index in [1.54, 1.807) is 42.5 Å². The van der Waals surface area contributed by atoms with Crippen molar-refractivity contribution in [3.63, 3.8) is 0 Å². The van der Waals surface area contributed by atoms with Gasteiger partial charge in [-0.3, -0.25) is 9.59 Å². The summed E-state index contributed by atoms with van der Waals surface area (Å²) in [6.07, 6.45) is 1.48. The first-order valence-corrected chi connectivity index (χ1v) is 8.97. The lowest BCUT2D eigenvalue weighted by Gasteiger charge is -2.08. The Labute approximate surface area is 168 Å². The minimum atomic E-state index is -0.361. The van der Waals surface area contributed by atoms with Crippen LogP contribution in [0, 0.1) is 6.92 Å². The van der Waals surface area contributed by atoms with E-state index < -0.39 is 0 Å². The molecule has 0 heterocycles. The average molecular weight is 392 g/mol. The predicted octanol–water partition coefficient (Wildman–Crippen LogP) is 4.66. The summed E-state index contributed by atoms with van der Waals surface area (Å²) in [5.74, 6) is -0.556. The third-order valence-corrected chi connectivity index (χ3v) is 4.41. The van der Waals surface area contributed by atoms with Gasteiger partial charge in [0.25, 0.3) is 11.8 Å². The highest BCUT2D eigenvalue weighted by Gasteiger charge is 2.09. The van der Waals surface area contributed by atoms with Crippen LogP contribution in [-0.4, -0.2) is 18.0 Å². The highest BCUT2D eigenvalue weighted by molar-refractivity contribution is 6.33. The summed E-state index contributed by atoms with van der Waals surface area (Å²) in [6, 6.07) is 21.1. The van der Waals surface area contributed by atoms with Gasteiger partial charge in [0.2, 0.25) is 0 Å². The average Bonchev–Trinajstić information content (AvgIpc) is 2.70. The van der Waals surface area contributed by atoms with E-state index in [0.717, 1.165) is 5.56 Å². The normalized spacial score (nSPS) is 10.6. The van der Waals surface area contributed by atoms with Gasteiger partial charge < -0.3 is 5.32 Å². The molecular formula is C22H18ClN3O2. The van der Waals surface area contributed by atoms with Gasteiger partial charge in [0.1, 0.15) is 0 Å². The number of anilines is 1. The van der Waals surface area contributed by atoms with Crippen molar-refractivity contribution in [3.05, 3.63) is 100 Å². The second-order valence-corrected chi connectivity index (χ2v) is 6.47. The summed E-state index contributed by atoms with van der Waals surface area (Å²) in [6.45, 7) is 1.88. The van der Waals surface area contributed by atoms with Crippen LogP contribution < -0.4 is 10.7 Å². The lowest BCUT2D eigenvalue weighted by atomic mass is 10.1. The summed E-state index contributed by atoms with van der Waals surface area (Å²) >= 11 is 6.03. The molecule has 3 aromatic carbocycles. The second kappa shape index (κ2) is 8.97. The number of nitrogens with zero attached hydrogens (tertiary/aromatic N) is 1. The molecule has 0 aromatic heterocycles. The number of carbonyl (C=O) groups is 2. The number of hydrazone groups is 1. The Kier molecular flexibility index (Phi) is 6.19. The first kappa shape index (κ1) is 19.3. The molecule has 0 aliphatic rings. The second-order valence-electron chi connectivity index (χ2n) is 6.07. The van der Waals surface area contributed by atoms with Crippen LogP contribution in [0.2, 0.25) is 5.02 Å². The highest BCUT2D eigenvalue weighted by Crippen LogP contribution is 2.14. The van der Waals surface area contributed by atoms with E-state index >= 15 is 0 Å². The van der Waals surface area contributed by atoms with Gasteiger partial charge in [-0.25, -0.2) is 5.43 Å². The van der Waals surface area contributed by atoms with Gasteiger partial charge in [-0.1, -0.05) is 48.0 Å². The fourth-order valence-corrected chi connectivity index (χ4v) is 2.72. The molecule has 28 heavy (non-hydrogen) atoms. The molecule has 0 aliphatic carbocycles. The van der Waals surface area contributed by atoms with Crippen molar-refractivity contribution in [1.82, 2.24) is 5.43 Å². The Morgan fingerprint density at radius 1 is 0.893 bits per heavy atom. The zero-order valence-electron chi connectivity index (χ0n) is 15.1. The molecule has 3 rings (SSSR count). The number of amides is 2. The molecule has 2 amide bonds. The van der Waals surface area contributed by atoms with Crippen LogP contribution in [0.4, 0.5) is 5.69 Å². The van der Waals surface area contributed by atoms with Crippen molar-refractivity contribution in [2.45, 2.75) is 6.92 Å². The number of nitrogens with one attached hydrogen (secondary N) is 2. The molecule has 0 saturated heterocycles. The summed E-state index contributed by atoms with van der Waals surface area (Å²) in [4.78, 5) is 24.5. The maximum absolute atomic E-state index is 12.3. The van der Waals surface area contributed by atoms with Gasteiger partial charge in [-0.2, -0.15) is 5.10 Å². The minimum absolute atomic E-state index is 0.195. The number of halogens is 1. The van der Waals surface area contributed by atoms with Gasteiger partial charge in [0.15, 0.2) is 0 Å². The van der Waals surface area contributed by atoms with Crippen molar-refractivity contribution in [1.29, 1.82) is 0 Å². The van der Waals surface area contributed by atoms with Gasteiger partial charge in [-0.05, 0) is 48.9 Å². The summed E-state index contributed by atoms with van der Waals surface area (Å²) in [7, 11) is 0. The zero-order chi connectivity index (χ0) is 19.9. The number of carbonyl (C=O) groups excluding carboxylic acids is 2. The van der Waals surface area contributed by atoms with E-state index in [2.05, 4.69) is 15.8 Å². The molecule has 6 heteroatoms. The molecule has 0 unspecified atom stereocenters. The van der Waals surface area contributed by atoms with Crippen molar-refractivity contribution < 1.29 is 9.59 Å². The summed E-state index contributed by atoms with van der Waals surface area (Å²) < 4.78 is 0. The third-order valence-electron chi connectivity index (χ3n) is 4.07.